The maximum atomic E-state index is 10.7. The Labute approximate surface area is 780 Å². The second kappa shape index (κ2) is 117. The Kier molecular flexibility index (Phi) is 142. The van der Waals surface area contributed by atoms with Gasteiger partial charge in [-0.1, -0.05) is 40.2 Å². The van der Waals surface area contributed by atoms with Crippen molar-refractivity contribution < 1.29 is 249 Å². The van der Waals surface area contributed by atoms with Crippen molar-refractivity contribution >= 4 is 5.91 Å². The van der Waals surface area contributed by atoms with Crippen molar-refractivity contribution in [1.29, 1.82) is 0 Å². The van der Waals surface area contributed by atoms with Crippen LogP contribution in [0.25, 0.3) is 0 Å². The first-order valence-corrected chi connectivity index (χ1v) is 42.9. The Bertz CT molecular complexity index is 2040. The summed E-state index contributed by atoms with van der Waals surface area (Å²) in [4.78, 5) is 19.9. The van der Waals surface area contributed by atoms with Crippen molar-refractivity contribution in [2.45, 2.75) is 208 Å². The van der Waals surface area contributed by atoms with Gasteiger partial charge in [-0.3, -0.25) is 14.9 Å². The normalized spacial score (nSPS) is 14.2. The van der Waals surface area contributed by atoms with Gasteiger partial charge in [-0.05, 0) is 103 Å². The molecule has 1 fully saturated rings. The lowest BCUT2D eigenvalue weighted by Crippen LogP contribution is -2.56. The van der Waals surface area contributed by atoms with E-state index in [1.54, 1.807) is 13.8 Å². The lowest BCUT2D eigenvalue weighted by Gasteiger charge is -2.27. The van der Waals surface area contributed by atoms with Gasteiger partial charge in [-0.15, -0.1) is 0 Å². The molecule has 1 aliphatic rings. The first-order chi connectivity index (χ1) is 62.7. The molecule has 1 saturated carbocycles. The fourth-order valence-corrected chi connectivity index (χ4v) is 6.98. The summed E-state index contributed by atoms with van der Waals surface area (Å²) < 4.78 is 9.67. The Hall–Kier alpha value is -3.31. The monoisotopic (exact) mass is 1990 g/mol. The lowest BCUT2D eigenvalue weighted by molar-refractivity contribution is -0.580. The average Bonchev–Trinajstić information content (AvgIpc) is 0.869. The van der Waals surface area contributed by atoms with Gasteiger partial charge in [0.05, 0.1) is 226 Å². The van der Waals surface area contributed by atoms with E-state index in [0.29, 0.717) is 77.0 Å². The summed E-state index contributed by atoms with van der Waals surface area (Å²) >= 11 is 0. The van der Waals surface area contributed by atoms with Crippen molar-refractivity contribution in [2.24, 2.45) is 33.8 Å². The number of nitrogens with zero attached hydrogens (tertiary/aromatic N) is 1. The summed E-state index contributed by atoms with van der Waals surface area (Å²) in [5.74, 6) is -1.04. The largest absolute Gasteiger partial charge is 0.396 e. The maximum Gasteiger partial charge on any atom is 0.289 e. The number of ether oxygens (including phenoxy) is 2. The van der Waals surface area contributed by atoms with Crippen LogP contribution in [-0.4, -0.2) is 576 Å². The zero-order valence-corrected chi connectivity index (χ0v) is 78.3. The quantitative estimate of drug-likeness (QED) is 0.0116. The van der Waals surface area contributed by atoms with E-state index in [4.69, 9.17) is 240 Å². The third-order valence-electron chi connectivity index (χ3n) is 17.6. The molecular weight excluding hydrogens is 1800 g/mol. The van der Waals surface area contributed by atoms with Crippen molar-refractivity contribution in [3.05, 3.63) is 22.8 Å². The van der Waals surface area contributed by atoms with Crippen LogP contribution in [-0.2, 0) is 14.3 Å². The minimum absolute atomic E-state index is 0.0127. The van der Waals surface area contributed by atoms with E-state index < -0.39 is 144 Å². The van der Waals surface area contributed by atoms with Gasteiger partial charge in [-0.2, -0.15) is 0 Å². The molecule has 0 aromatic heterocycles. The van der Waals surface area contributed by atoms with Crippen LogP contribution >= 0.6 is 0 Å². The molecule has 0 saturated heterocycles. The molecule has 820 valence electrons. The summed E-state index contributed by atoms with van der Waals surface area (Å²) in [6.07, 6.45) is 2.67. The molecule has 4 atom stereocenters. The minimum atomic E-state index is -1.99. The highest BCUT2D eigenvalue weighted by atomic mass is 16.6. The smallest absolute Gasteiger partial charge is 0.289 e. The van der Waals surface area contributed by atoms with Crippen LogP contribution in [0.4, 0.5) is 0 Å². The molecule has 4 unspecified atom stereocenters. The molecular formula is C80H185N3O50. The van der Waals surface area contributed by atoms with Crippen molar-refractivity contribution in [1.82, 2.24) is 5.32 Å². The molecule has 133 heavy (non-hydrogen) atoms. The number of aliphatic hydroxyl groups excluding tert-OH is 44. The number of hydrogen-bond donors (Lipinski definition) is 47. The van der Waals surface area contributed by atoms with E-state index in [1.807, 2.05) is 13.8 Å². The van der Waals surface area contributed by atoms with Crippen LogP contribution in [0, 0.1) is 38.2 Å². The predicted octanol–water partition coefficient (Wildman–Crippen LogP) is -17.6. The van der Waals surface area contributed by atoms with E-state index >= 15 is 0 Å². The van der Waals surface area contributed by atoms with Crippen LogP contribution in [0.15, 0.2) is 12.7 Å². The number of amides is 1. The molecule has 0 bridgehead atoms. The summed E-state index contributed by atoms with van der Waals surface area (Å²) in [5.41, 5.74) is -1.35. The molecule has 0 aliphatic heterocycles. The van der Waals surface area contributed by atoms with E-state index in [2.05, 4.69) is 11.9 Å². The third-order valence-corrected chi connectivity index (χ3v) is 17.6. The number of hydrogen-bond acceptors (Lipinski definition) is 51. The molecule has 0 aromatic rings. The molecule has 1 rings (SSSR count). The van der Waals surface area contributed by atoms with Crippen LogP contribution < -0.4 is 11.1 Å². The van der Waals surface area contributed by atoms with Crippen LogP contribution in [0.2, 0.25) is 0 Å². The van der Waals surface area contributed by atoms with Gasteiger partial charge in [-0.25, -0.2) is 0 Å². The maximum absolute atomic E-state index is 10.7. The number of nitrogens with two attached hydrogens (primary N) is 1. The second-order valence-corrected chi connectivity index (χ2v) is 30.3. The zero-order chi connectivity index (χ0) is 107. The Morgan fingerprint density at radius 2 is 0.737 bits per heavy atom. The molecule has 0 heterocycles. The fraction of sp³-hybridized carbons (Fsp3) is 0.963. The Morgan fingerprint density at radius 3 is 0.910 bits per heavy atom. The number of nitrogens with one attached hydrogen (secondary N) is 1. The molecule has 0 aromatic carbocycles. The summed E-state index contributed by atoms with van der Waals surface area (Å²) in [5, 5.41) is 394. The predicted molar refractivity (Wildman–Crippen MR) is 478 cm³/mol. The van der Waals surface area contributed by atoms with Crippen LogP contribution in [0.1, 0.15) is 130 Å². The molecule has 48 N–H and O–H groups in total. The number of nitro groups is 1. The van der Waals surface area contributed by atoms with E-state index in [-0.39, 0.29) is 236 Å². The number of rotatable bonds is 58. The zero-order valence-electron chi connectivity index (χ0n) is 78.3. The first-order valence-electron chi connectivity index (χ1n) is 42.9. The molecule has 53 nitrogen and oxygen atoms in total. The van der Waals surface area contributed by atoms with Gasteiger partial charge in [0.2, 0.25) is 5.91 Å². The highest BCUT2D eigenvalue weighted by molar-refractivity contribution is 5.87. The second-order valence-electron chi connectivity index (χ2n) is 30.3. The summed E-state index contributed by atoms with van der Waals surface area (Å²) in [6, 6.07) is 0. The number of carbonyl (C=O) groups excluding carboxylic acids is 1. The van der Waals surface area contributed by atoms with E-state index in [9.17, 15) is 20.0 Å². The van der Waals surface area contributed by atoms with Gasteiger partial charge in [0.15, 0.2) is 0 Å². The number of aliphatic hydroxyl groups is 45. The van der Waals surface area contributed by atoms with Crippen molar-refractivity contribution in [3.8, 4) is 0 Å². The van der Waals surface area contributed by atoms with Gasteiger partial charge in [0.1, 0.15) is 43.7 Å². The van der Waals surface area contributed by atoms with Gasteiger partial charge in [0, 0.05) is 93.6 Å². The summed E-state index contributed by atoms with van der Waals surface area (Å²) in [6.45, 7) is 2.89. The molecule has 53 heteroatoms. The fourth-order valence-electron chi connectivity index (χ4n) is 6.98. The average molecular weight is 1990 g/mol. The number of carbonyl (C=O) groups is 1. The van der Waals surface area contributed by atoms with Crippen molar-refractivity contribution in [2.75, 3.05) is 258 Å². The molecule has 0 radical (unpaired) electrons. The van der Waals surface area contributed by atoms with E-state index in [1.165, 1.54) is 0 Å². The summed E-state index contributed by atoms with van der Waals surface area (Å²) in [7, 11) is 0. The first kappa shape index (κ1) is 160. The van der Waals surface area contributed by atoms with Crippen LogP contribution in [0.5, 0.6) is 0 Å². The van der Waals surface area contributed by atoms with Crippen molar-refractivity contribution in [3.63, 3.8) is 0 Å². The van der Waals surface area contributed by atoms with Gasteiger partial charge < -0.3 is 250 Å². The standard InChI is InChI=1S/C7H13NO4.C7H16O5.C7H16O3.C6H12O3.3C6H14O3.C5H13NO3.3C5H12O3.C4H9NO5.2C4H10O3.C3H8O3/c1-2-6(12)8-7(3-9,4-10)5-11;8-1-3-11-5-7(10)6-12-4-2-9;1-2-3-4-6(9)7(10)5-8;7-4-1-5(8)3-6(9)2-4;1-6(9,2-4-7)3-5-8;1-2-6(3-7,4-8)5-9;7-4-2-1-3-6(9)5-8;6-1-5(2-7,3-8)4-9;1-5(2-6,3-7)4-8;6-3-1-5(8)2-4-7;6-2-1-5(3-7)4-8;6-1-4(2-7,3-8)5(9)10;5-1-4(2-6)3-7;5-2-1-4(7)3-6;4-1-3(6)2-5/h2,9-11H,1,3-5H2,(H,8,12);7-10H,1-6H2;6-10H,2-5H2,1H3;4-9H,1-3H2;2*7-9H,2-5H2,1H3;6-9H,1-5H2;7-9H,1-4,6H2;6-8H,2-4H2,1H3;2*5-8H,1-4H2;6-8H,1-3H2;2*4-7H,1-3H2;3-6H,1-2H2. The Morgan fingerprint density at radius 1 is 0.398 bits per heavy atom. The van der Waals surface area contributed by atoms with E-state index in [0.717, 1.165) is 25.3 Å². The molecule has 0 spiro atoms. The SMILES string of the molecule is C=CC(=O)NC(CO)(CO)CO.CC(CO)(CO)CO.CC(O)(CCO)CCO.CCC(CO)(CO)CO.CCCCC(O)C(O)CO.NCC(CO)(CO)CO.O=[N+]([O-])C(CO)(CO)CO.OC1CC(O)CC(O)C1.OCC(CO)CO.OCC(O)CO.OCCC(CO)CO.OCCC(O)CCO.OCCC(O)CO.OCCCCC(O)CO.OCCOCC(O)COCCO. The van der Waals surface area contributed by atoms with Crippen LogP contribution in [0.3, 0.4) is 0 Å². The minimum Gasteiger partial charge on any atom is -0.396 e. The Balaban J connectivity index is -0.0000000953. The molecule has 1 amide bonds. The third kappa shape index (κ3) is 112. The molecule has 1 aliphatic carbocycles. The number of unbranched alkanes of at least 4 members (excludes halogenated alkanes) is 2. The highest BCUT2D eigenvalue weighted by Crippen LogP contribution is 2.20. The van der Waals surface area contributed by atoms with Gasteiger partial charge in [0.25, 0.3) is 5.54 Å². The topological polar surface area (TPSA) is 1030 Å². The highest BCUT2D eigenvalue weighted by Gasteiger charge is 2.41. The lowest BCUT2D eigenvalue weighted by atomic mass is 9.88. The van der Waals surface area contributed by atoms with Gasteiger partial charge >= 0.3 is 0 Å².